The Balaban J connectivity index is 1.88. The first kappa shape index (κ1) is 17.0. The number of benzene rings is 2. The van der Waals surface area contributed by atoms with Crippen LogP contribution in [0.25, 0.3) is 0 Å². The molecule has 1 N–H and O–H groups in total. The van der Waals surface area contributed by atoms with Gasteiger partial charge in [0.25, 0.3) is 5.91 Å². The topological polar surface area (TPSA) is 41.6 Å². The molecule has 3 rings (SSSR count). The van der Waals surface area contributed by atoms with E-state index in [4.69, 9.17) is 27.9 Å². The number of ether oxygens (including phenoxy) is 1. The number of carbonyl (C=O) groups is 1. The molecular weight excluding hydrogens is 354 g/mol. The van der Waals surface area contributed by atoms with Gasteiger partial charge in [0, 0.05) is 18.1 Å². The molecule has 1 aliphatic heterocycles. The SMILES string of the molecule is O=C(Nc1cc(Cl)ccc1N1CCOCC1)c1ccc(F)cc1Cl. The lowest BCUT2D eigenvalue weighted by molar-refractivity contribution is 0.102. The first-order valence-electron chi connectivity index (χ1n) is 7.43. The second kappa shape index (κ2) is 7.38. The van der Waals surface area contributed by atoms with E-state index in [-0.39, 0.29) is 10.6 Å². The molecule has 0 unspecified atom stereocenters. The van der Waals surface area contributed by atoms with Gasteiger partial charge < -0.3 is 15.0 Å². The Morgan fingerprint density at radius 3 is 2.58 bits per heavy atom. The summed E-state index contributed by atoms with van der Waals surface area (Å²) in [6, 6.07) is 8.97. The molecule has 0 aromatic heterocycles. The number of rotatable bonds is 3. The van der Waals surface area contributed by atoms with Crippen molar-refractivity contribution >= 4 is 40.5 Å². The third kappa shape index (κ3) is 3.80. The van der Waals surface area contributed by atoms with Crippen LogP contribution in [0.4, 0.5) is 15.8 Å². The summed E-state index contributed by atoms with van der Waals surface area (Å²) in [7, 11) is 0. The minimum atomic E-state index is -0.492. The zero-order valence-electron chi connectivity index (χ0n) is 12.7. The normalized spacial score (nSPS) is 14.5. The Morgan fingerprint density at radius 2 is 1.88 bits per heavy atom. The molecule has 7 heteroatoms. The molecule has 0 saturated carbocycles. The van der Waals surface area contributed by atoms with Crippen molar-refractivity contribution in [2.75, 3.05) is 36.5 Å². The van der Waals surface area contributed by atoms with Crippen molar-refractivity contribution in [3.8, 4) is 0 Å². The average Bonchev–Trinajstić information content (AvgIpc) is 2.55. The smallest absolute Gasteiger partial charge is 0.257 e. The second-order valence-corrected chi connectivity index (χ2v) is 6.18. The van der Waals surface area contributed by atoms with E-state index in [2.05, 4.69) is 10.2 Å². The van der Waals surface area contributed by atoms with Crippen molar-refractivity contribution in [3.05, 3.63) is 57.8 Å². The summed E-state index contributed by atoms with van der Waals surface area (Å²) in [6.07, 6.45) is 0. The summed E-state index contributed by atoms with van der Waals surface area (Å²) < 4.78 is 18.5. The Labute approximate surface area is 149 Å². The fraction of sp³-hybridized carbons (Fsp3) is 0.235. The summed E-state index contributed by atoms with van der Waals surface area (Å²) in [5.74, 6) is -0.912. The molecule has 24 heavy (non-hydrogen) atoms. The van der Waals surface area contributed by atoms with Crippen molar-refractivity contribution in [1.29, 1.82) is 0 Å². The van der Waals surface area contributed by atoms with E-state index in [0.717, 1.165) is 24.8 Å². The Kier molecular flexibility index (Phi) is 5.23. The minimum absolute atomic E-state index is 0.0578. The number of hydrogen-bond donors (Lipinski definition) is 1. The highest BCUT2D eigenvalue weighted by Crippen LogP contribution is 2.31. The maximum atomic E-state index is 13.1. The molecule has 1 amide bonds. The number of nitrogens with one attached hydrogen (secondary N) is 1. The molecule has 0 aliphatic carbocycles. The fourth-order valence-corrected chi connectivity index (χ4v) is 2.98. The molecule has 0 spiro atoms. The highest BCUT2D eigenvalue weighted by molar-refractivity contribution is 6.34. The Bertz CT molecular complexity index is 764. The summed E-state index contributed by atoms with van der Waals surface area (Å²) in [4.78, 5) is 14.6. The zero-order chi connectivity index (χ0) is 17.1. The van der Waals surface area contributed by atoms with Crippen LogP contribution in [0.5, 0.6) is 0 Å². The second-order valence-electron chi connectivity index (χ2n) is 5.34. The molecule has 0 radical (unpaired) electrons. The van der Waals surface area contributed by atoms with Gasteiger partial charge in [0.15, 0.2) is 0 Å². The summed E-state index contributed by atoms with van der Waals surface area (Å²) >= 11 is 12.0. The molecular formula is C17H15Cl2FN2O2. The van der Waals surface area contributed by atoms with Crippen molar-refractivity contribution in [2.45, 2.75) is 0 Å². The van der Waals surface area contributed by atoms with Gasteiger partial charge >= 0.3 is 0 Å². The average molecular weight is 369 g/mol. The quantitative estimate of drug-likeness (QED) is 0.881. The highest BCUT2D eigenvalue weighted by atomic mass is 35.5. The molecule has 4 nitrogen and oxygen atoms in total. The van der Waals surface area contributed by atoms with Crippen LogP contribution < -0.4 is 10.2 Å². The third-order valence-electron chi connectivity index (χ3n) is 3.73. The van der Waals surface area contributed by atoms with Crippen LogP contribution >= 0.6 is 23.2 Å². The molecule has 1 aliphatic rings. The lowest BCUT2D eigenvalue weighted by Gasteiger charge is -2.30. The van der Waals surface area contributed by atoms with Gasteiger partial charge in [-0.1, -0.05) is 23.2 Å². The lowest BCUT2D eigenvalue weighted by Crippen LogP contribution is -2.36. The molecule has 1 heterocycles. The van der Waals surface area contributed by atoms with Gasteiger partial charge in [0.2, 0.25) is 0 Å². The standard InChI is InChI=1S/C17H15Cl2FN2O2/c18-11-1-4-16(22-5-7-24-8-6-22)15(9-11)21-17(23)13-3-2-12(20)10-14(13)19/h1-4,9-10H,5-8H2,(H,21,23). The van der Waals surface area contributed by atoms with Crippen molar-refractivity contribution in [1.82, 2.24) is 0 Å². The molecule has 2 aromatic carbocycles. The third-order valence-corrected chi connectivity index (χ3v) is 4.28. The van der Waals surface area contributed by atoms with Crippen molar-refractivity contribution in [3.63, 3.8) is 0 Å². The van der Waals surface area contributed by atoms with E-state index < -0.39 is 11.7 Å². The van der Waals surface area contributed by atoms with Crippen LogP contribution in [0, 0.1) is 5.82 Å². The first-order chi connectivity index (χ1) is 11.5. The number of carbonyl (C=O) groups excluding carboxylic acids is 1. The van der Waals surface area contributed by atoms with Crippen molar-refractivity contribution < 1.29 is 13.9 Å². The number of halogens is 3. The van der Waals surface area contributed by atoms with Crippen LogP contribution in [-0.4, -0.2) is 32.2 Å². The minimum Gasteiger partial charge on any atom is -0.378 e. The van der Waals surface area contributed by atoms with E-state index in [1.165, 1.54) is 12.1 Å². The summed E-state index contributed by atoms with van der Waals surface area (Å²) in [6.45, 7) is 2.70. The monoisotopic (exact) mass is 368 g/mol. The number of nitrogens with zero attached hydrogens (tertiary/aromatic N) is 1. The van der Waals surface area contributed by atoms with E-state index in [1.54, 1.807) is 12.1 Å². The Hall–Kier alpha value is -1.82. The van der Waals surface area contributed by atoms with E-state index in [0.29, 0.717) is 23.9 Å². The van der Waals surface area contributed by atoms with Crippen LogP contribution in [-0.2, 0) is 4.74 Å². The van der Waals surface area contributed by atoms with Gasteiger partial charge in [-0.15, -0.1) is 0 Å². The lowest BCUT2D eigenvalue weighted by atomic mass is 10.1. The van der Waals surface area contributed by atoms with Gasteiger partial charge in [-0.05, 0) is 36.4 Å². The molecule has 126 valence electrons. The van der Waals surface area contributed by atoms with Gasteiger partial charge in [-0.3, -0.25) is 4.79 Å². The predicted octanol–water partition coefficient (Wildman–Crippen LogP) is 4.22. The first-order valence-corrected chi connectivity index (χ1v) is 8.19. The molecule has 1 fully saturated rings. The number of anilines is 2. The molecule has 2 aromatic rings. The zero-order valence-corrected chi connectivity index (χ0v) is 14.2. The highest BCUT2D eigenvalue weighted by Gasteiger charge is 2.18. The van der Waals surface area contributed by atoms with E-state index in [1.807, 2.05) is 6.07 Å². The van der Waals surface area contributed by atoms with Gasteiger partial charge in [-0.2, -0.15) is 0 Å². The predicted molar refractivity (Wildman–Crippen MR) is 93.8 cm³/mol. The number of hydrogen-bond acceptors (Lipinski definition) is 3. The van der Waals surface area contributed by atoms with Gasteiger partial charge in [0.05, 0.1) is 35.2 Å². The fourth-order valence-electron chi connectivity index (χ4n) is 2.55. The van der Waals surface area contributed by atoms with Gasteiger partial charge in [0.1, 0.15) is 5.82 Å². The number of amides is 1. The van der Waals surface area contributed by atoms with Gasteiger partial charge in [-0.25, -0.2) is 4.39 Å². The van der Waals surface area contributed by atoms with E-state index in [9.17, 15) is 9.18 Å². The van der Waals surface area contributed by atoms with Crippen LogP contribution in [0.2, 0.25) is 10.0 Å². The van der Waals surface area contributed by atoms with E-state index >= 15 is 0 Å². The summed E-state index contributed by atoms with van der Waals surface area (Å²) in [5, 5.41) is 3.38. The van der Waals surface area contributed by atoms with Crippen LogP contribution in [0.3, 0.4) is 0 Å². The molecule has 0 bridgehead atoms. The Morgan fingerprint density at radius 1 is 1.12 bits per heavy atom. The number of morpholine rings is 1. The summed E-state index contributed by atoms with van der Waals surface area (Å²) in [5.41, 5.74) is 1.63. The van der Waals surface area contributed by atoms with Crippen LogP contribution in [0.15, 0.2) is 36.4 Å². The molecule has 1 saturated heterocycles. The largest absolute Gasteiger partial charge is 0.378 e. The maximum absolute atomic E-state index is 13.1. The maximum Gasteiger partial charge on any atom is 0.257 e. The van der Waals surface area contributed by atoms with Crippen LogP contribution in [0.1, 0.15) is 10.4 Å². The van der Waals surface area contributed by atoms with Crippen molar-refractivity contribution in [2.24, 2.45) is 0 Å². The molecule has 0 atom stereocenters.